The van der Waals surface area contributed by atoms with E-state index < -0.39 is 0 Å². The van der Waals surface area contributed by atoms with E-state index in [-0.39, 0.29) is 0 Å². The van der Waals surface area contributed by atoms with Gasteiger partial charge in [0, 0.05) is 15.8 Å². The van der Waals surface area contributed by atoms with Gasteiger partial charge in [0.2, 0.25) is 0 Å². The van der Waals surface area contributed by atoms with Crippen LogP contribution in [0.15, 0.2) is 22.0 Å². The molecule has 0 aliphatic rings. The molecule has 3 aromatic rings. The van der Waals surface area contributed by atoms with Crippen molar-refractivity contribution in [3.05, 3.63) is 23.3 Å². The zero-order valence-corrected chi connectivity index (χ0v) is 9.98. The zero-order valence-electron chi connectivity index (χ0n) is 8.34. The largest absolute Gasteiger partial charge is 0.333 e. The van der Waals surface area contributed by atoms with Gasteiger partial charge >= 0.3 is 0 Å². The summed E-state index contributed by atoms with van der Waals surface area (Å²) in [5, 5.41) is 5.96. The number of hydrogen-bond donors (Lipinski definition) is 1. The molecule has 0 aliphatic carbocycles. The fraction of sp³-hybridized carbons (Fsp3) is 0.200. The Morgan fingerprint density at radius 1 is 1.38 bits per heavy atom. The van der Waals surface area contributed by atoms with Gasteiger partial charge in [0.05, 0.1) is 4.88 Å². The van der Waals surface area contributed by atoms with E-state index >= 15 is 0 Å². The number of hydrogen-bond acceptors (Lipinski definition) is 6. The normalized spacial score (nSPS) is 11.3. The van der Waals surface area contributed by atoms with Crippen LogP contribution in [0.3, 0.4) is 0 Å². The summed E-state index contributed by atoms with van der Waals surface area (Å²) < 4.78 is 7.73. The molecular formula is C10H9N3OS2. The van der Waals surface area contributed by atoms with Crippen molar-refractivity contribution < 1.29 is 4.52 Å². The van der Waals surface area contributed by atoms with Gasteiger partial charge in [-0.1, -0.05) is 5.16 Å². The van der Waals surface area contributed by atoms with E-state index in [0.29, 0.717) is 24.7 Å². The molecule has 3 rings (SSSR count). The predicted octanol–water partition coefficient (Wildman–Crippen LogP) is 2.51. The van der Waals surface area contributed by atoms with E-state index in [1.807, 2.05) is 0 Å². The van der Waals surface area contributed by atoms with Crippen LogP contribution in [-0.4, -0.2) is 16.7 Å². The Balaban J connectivity index is 1.98. The van der Waals surface area contributed by atoms with E-state index in [1.54, 1.807) is 22.7 Å². The van der Waals surface area contributed by atoms with Crippen molar-refractivity contribution in [3.63, 3.8) is 0 Å². The first kappa shape index (κ1) is 9.95. The molecule has 0 saturated heterocycles. The molecule has 0 radical (unpaired) electrons. The quantitative estimate of drug-likeness (QED) is 0.776. The Kier molecular flexibility index (Phi) is 2.47. The topological polar surface area (TPSA) is 64.9 Å². The maximum Gasteiger partial charge on any atom is 0.268 e. The Bertz CT molecular complexity index is 582. The summed E-state index contributed by atoms with van der Waals surface area (Å²) in [6.45, 7) is 0.540. The summed E-state index contributed by atoms with van der Waals surface area (Å²) in [7, 11) is 0. The third-order valence-electron chi connectivity index (χ3n) is 2.19. The second kappa shape index (κ2) is 3.97. The molecule has 0 amide bonds. The van der Waals surface area contributed by atoms with Crippen molar-refractivity contribution in [2.24, 2.45) is 5.73 Å². The molecule has 3 aromatic heterocycles. The Hall–Kier alpha value is -1.24. The van der Waals surface area contributed by atoms with Crippen LogP contribution >= 0.6 is 22.7 Å². The van der Waals surface area contributed by atoms with Gasteiger partial charge in [-0.15, -0.1) is 22.7 Å². The number of aromatic nitrogens is 2. The molecule has 82 valence electrons. The van der Waals surface area contributed by atoms with Gasteiger partial charge in [-0.25, -0.2) is 0 Å². The van der Waals surface area contributed by atoms with Crippen LogP contribution in [0.2, 0.25) is 0 Å². The molecule has 0 saturated carbocycles. The van der Waals surface area contributed by atoms with Gasteiger partial charge in [0.25, 0.3) is 5.89 Å². The van der Waals surface area contributed by atoms with Crippen molar-refractivity contribution in [2.45, 2.75) is 6.42 Å². The lowest BCUT2D eigenvalue weighted by Crippen LogP contribution is -2.03. The fourth-order valence-electron chi connectivity index (χ4n) is 1.46. The summed E-state index contributed by atoms with van der Waals surface area (Å²) in [5.74, 6) is 1.27. The molecule has 4 nitrogen and oxygen atoms in total. The zero-order chi connectivity index (χ0) is 11.0. The van der Waals surface area contributed by atoms with Gasteiger partial charge in [-0.05, 0) is 24.1 Å². The molecule has 0 aromatic carbocycles. The highest BCUT2D eigenvalue weighted by Gasteiger charge is 2.12. The van der Waals surface area contributed by atoms with E-state index in [2.05, 4.69) is 27.7 Å². The summed E-state index contributed by atoms with van der Waals surface area (Å²) in [6, 6.07) is 4.19. The van der Waals surface area contributed by atoms with E-state index in [1.165, 1.54) is 9.40 Å². The van der Waals surface area contributed by atoms with Gasteiger partial charge in [0.15, 0.2) is 5.82 Å². The van der Waals surface area contributed by atoms with Crippen LogP contribution in [0.25, 0.3) is 20.2 Å². The molecule has 16 heavy (non-hydrogen) atoms. The Morgan fingerprint density at radius 2 is 2.31 bits per heavy atom. The van der Waals surface area contributed by atoms with E-state index in [0.717, 1.165) is 4.88 Å². The van der Waals surface area contributed by atoms with Crippen LogP contribution in [0, 0.1) is 0 Å². The van der Waals surface area contributed by atoms with Crippen molar-refractivity contribution in [1.29, 1.82) is 0 Å². The van der Waals surface area contributed by atoms with Crippen molar-refractivity contribution in [1.82, 2.24) is 10.1 Å². The maximum absolute atomic E-state index is 5.44. The first-order valence-corrected chi connectivity index (χ1v) is 6.56. The lowest BCUT2D eigenvalue weighted by atomic mass is 10.4. The minimum absolute atomic E-state index is 0.540. The Morgan fingerprint density at radius 3 is 3.12 bits per heavy atom. The van der Waals surface area contributed by atoms with E-state index in [9.17, 15) is 0 Å². The SMILES string of the molecule is NCCc1noc(-c2cc3sccc3s2)n1. The highest BCUT2D eigenvalue weighted by Crippen LogP contribution is 2.35. The lowest BCUT2D eigenvalue weighted by molar-refractivity contribution is 0.423. The summed E-state index contributed by atoms with van der Waals surface area (Å²) >= 11 is 3.39. The standard InChI is InChI=1S/C10H9N3OS2/c11-3-1-9-12-10(14-13-9)8-5-7-6(16-8)2-4-15-7/h2,4-5H,1,3,11H2. The fourth-order valence-corrected chi connectivity index (χ4v) is 3.49. The lowest BCUT2D eigenvalue weighted by Gasteiger charge is -1.84. The highest BCUT2D eigenvalue weighted by molar-refractivity contribution is 7.28. The average Bonchev–Trinajstić information content (AvgIpc) is 2.88. The third-order valence-corrected chi connectivity index (χ3v) is 4.27. The minimum Gasteiger partial charge on any atom is -0.333 e. The van der Waals surface area contributed by atoms with Crippen molar-refractivity contribution in [2.75, 3.05) is 6.54 Å². The minimum atomic E-state index is 0.540. The van der Waals surface area contributed by atoms with Crippen LogP contribution in [0.4, 0.5) is 0 Å². The molecule has 0 spiro atoms. The van der Waals surface area contributed by atoms with Gasteiger partial charge in [-0.3, -0.25) is 0 Å². The first-order valence-electron chi connectivity index (χ1n) is 4.87. The second-order valence-electron chi connectivity index (χ2n) is 3.31. The Labute approximate surface area is 99.7 Å². The summed E-state index contributed by atoms with van der Waals surface area (Å²) in [6.07, 6.45) is 0.656. The number of fused-ring (bicyclic) bond motifs is 1. The molecule has 3 heterocycles. The van der Waals surface area contributed by atoms with Gasteiger partial charge in [-0.2, -0.15) is 4.98 Å². The number of nitrogens with zero attached hydrogens (tertiary/aromatic N) is 2. The summed E-state index contributed by atoms with van der Waals surface area (Å²) in [4.78, 5) is 5.33. The molecular weight excluding hydrogens is 242 g/mol. The van der Waals surface area contributed by atoms with Crippen LogP contribution in [0.1, 0.15) is 5.82 Å². The van der Waals surface area contributed by atoms with Crippen LogP contribution < -0.4 is 5.73 Å². The number of thiophene rings is 2. The molecule has 0 atom stereocenters. The van der Waals surface area contributed by atoms with Crippen molar-refractivity contribution >= 4 is 32.1 Å². The van der Waals surface area contributed by atoms with Gasteiger partial charge < -0.3 is 10.3 Å². The monoisotopic (exact) mass is 251 g/mol. The smallest absolute Gasteiger partial charge is 0.268 e. The molecule has 0 fully saturated rings. The molecule has 0 aliphatic heterocycles. The third kappa shape index (κ3) is 1.64. The molecule has 0 unspecified atom stereocenters. The van der Waals surface area contributed by atoms with Crippen molar-refractivity contribution in [3.8, 4) is 10.8 Å². The number of nitrogens with two attached hydrogens (primary N) is 1. The van der Waals surface area contributed by atoms with Crippen LogP contribution in [0.5, 0.6) is 0 Å². The number of rotatable bonds is 3. The summed E-state index contributed by atoms with van der Waals surface area (Å²) in [5.41, 5.74) is 5.44. The van der Waals surface area contributed by atoms with Gasteiger partial charge in [0.1, 0.15) is 0 Å². The maximum atomic E-state index is 5.44. The first-order chi connectivity index (χ1) is 7.86. The molecule has 6 heteroatoms. The predicted molar refractivity (Wildman–Crippen MR) is 65.8 cm³/mol. The molecule has 0 bridgehead atoms. The van der Waals surface area contributed by atoms with Crippen LogP contribution in [-0.2, 0) is 6.42 Å². The highest BCUT2D eigenvalue weighted by atomic mass is 32.1. The van der Waals surface area contributed by atoms with E-state index in [4.69, 9.17) is 10.3 Å². The second-order valence-corrected chi connectivity index (χ2v) is 5.35. The average molecular weight is 251 g/mol. The molecule has 2 N–H and O–H groups in total.